The molecule has 0 aliphatic carbocycles. The number of aliphatic hydroxyl groups excluding tert-OH is 2. The highest BCUT2D eigenvalue weighted by Crippen LogP contribution is 2.38. The maximum Gasteiger partial charge on any atom is 0.302 e. The molecule has 7 nitrogen and oxygen atoms in total. The van der Waals surface area contributed by atoms with Gasteiger partial charge in [-0.25, -0.2) is 0 Å². The van der Waals surface area contributed by atoms with E-state index in [0.717, 1.165) is 6.42 Å². The third kappa shape index (κ3) is 1.85. The van der Waals surface area contributed by atoms with Gasteiger partial charge in [0.15, 0.2) is 12.3 Å². The van der Waals surface area contributed by atoms with Crippen molar-refractivity contribution in [3.63, 3.8) is 0 Å². The van der Waals surface area contributed by atoms with Crippen molar-refractivity contribution >= 4 is 0 Å². The number of rotatable bonds is 3. The first-order valence-electron chi connectivity index (χ1n) is 6.38. The van der Waals surface area contributed by atoms with Gasteiger partial charge in [0.2, 0.25) is 0 Å². The Morgan fingerprint density at radius 2 is 2.32 bits per heavy atom. The highest BCUT2D eigenvalue weighted by atomic mass is 16.6. The molecule has 1 aromatic heterocycles. The Labute approximate surface area is 109 Å². The van der Waals surface area contributed by atoms with Crippen LogP contribution in [-0.4, -0.2) is 44.7 Å². The van der Waals surface area contributed by atoms with Crippen LogP contribution in [0.4, 0.5) is 0 Å². The number of nitrogens with zero attached hydrogens (tertiary/aromatic N) is 2. The first-order chi connectivity index (χ1) is 9.15. The Morgan fingerprint density at radius 3 is 3.00 bits per heavy atom. The maximum atomic E-state index is 11.7. The van der Waals surface area contributed by atoms with Crippen molar-refractivity contribution in [3.8, 4) is 6.01 Å². The molecule has 2 N–H and O–H groups in total. The molecular formula is C12H16N2O5. The van der Waals surface area contributed by atoms with E-state index >= 15 is 0 Å². The number of hydrogen-bond donors (Lipinski definition) is 2. The van der Waals surface area contributed by atoms with Crippen molar-refractivity contribution < 1.29 is 19.7 Å². The number of fused-ring (bicyclic) bond motifs is 3. The lowest BCUT2D eigenvalue weighted by atomic mass is 10.1. The van der Waals surface area contributed by atoms with E-state index in [1.165, 1.54) is 0 Å². The SMILES string of the molecule is CCCc1cn2c(nc1=O)O[C@H]1[C@H]2OC(CO)[C@@H]1O. The molecule has 0 bridgehead atoms. The van der Waals surface area contributed by atoms with E-state index in [2.05, 4.69) is 4.98 Å². The molecule has 7 heteroatoms. The Morgan fingerprint density at radius 1 is 1.53 bits per heavy atom. The maximum absolute atomic E-state index is 11.7. The van der Waals surface area contributed by atoms with Gasteiger partial charge >= 0.3 is 6.01 Å². The van der Waals surface area contributed by atoms with Gasteiger partial charge in [-0.3, -0.25) is 9.36 Å². The minimum Gasteiger partial charge on any atom is -0.453 e. The Hall–Kier alpha value is -1.44. The summed E-state index contributed by atoms with van der Waals surface area (Å²) in [7, 11) is 0. The van der Waals surface area contributed by atoms with E-state index in [4.69, 9.17) is 14.6 Å². The third-order valence-electron chi connectivity index (χ3n) is 3.52. The normalized spacial score (nSPS) is 31.9. The van der Waals surface area contributed by atoms with E-state index < -0.39 is 24.5 Å². The van der Waals surface area contributed by atoms with E-state index in [-0.39, 0.29) is 18.2 Å². The molecular weight excluding hydrogens is 252 g/mol. The van der Waals surface area contributed by atoms with Gasteiger partial charge in [-0.2, -0.15) is 4.98 Å². The molecule has 19 heavy (non-hydrogen) atoms. The van der Waals surface area contributed by atoms with E-state index in [1.807, 2.05) is 6.92 Å². The van der Waals surface area contributed by atoms with Crippen molar-refractivity contribution in [3.05, 3.63) is 22.1 Å². The molecule has 2 aliphatic heterocycles. The Bertz CT molecular complexity index is 543. The van der Waals surface area contributed by atoms with Crippen LogP contribution >= 0.6 is 0 Å². The standard InChI is InChI=1S/C12H16N2O5/c1-2-3-6-4-14-11-9(8(16)7(5-15)18-11)19-12(14)13-10(6)17/h4,7-9,11,15-16H,2-3,5H2,1H3/t7?,8-,9+,11+/m0/s1. The van der Waals surface area contributed by atoms with Gasteiger partial charge in [-0.05, 0) is 6.42 Å². The van der Waals surface area contributed by atoms with Gasteiger partial charge in [0.1, 0.15) is 12.2 Å². The van der Waals surface area contributed by atoms with Gasteiger partial charge in [0.25, 0.3) is 5.56 Å². The second kappa shape index (κ2) is 4.59. The molecule has 3 heterocycles. The summed E-state index contributed by atoms with van der Waals surface area (Å²) in [5.74, 6) is 0. The Kier molecular flexibility index (Phi) is 3.04. The molecule has 1 fully saturated rings. The number of aliphatic hydroxyl groups is 2. The van der Waals surface area contributed by atoms with E-state index in [1.54, 1.807) is 10.8 Å². The van der Waals surface area contributed by atoms with Crippen molar-refractivity contribution in [1.29, 1.82) is 0 Å². The van der Waals surface area contributed by atoms with Crippen LogP contribution in [0.5, 0.6) is 6.01 Å². The predicted molar refractivity (Wildman–Crippen MR) is 63.9 cm³/mol. The zero-order valence-corrected chi connectivity index (χ0v) is 10.5. The lowest BCUT2D eigenvalue weighted by molar-refractivity contribution is -0.0435. The van der Waals surface area contributed by atoms with Crippen LogP contribution in [0.2, 0.25) is 0 Å². The fourth-order valence-electron chi connectivity index (χ4n) is 2.55. The molecule has 2 aliphatic rings. The van der Waals surface area contributed by atoms with Gasteiger partial charge in [0.05, 0.1) is 6.61 Å². The molecule has 4 atom stereocenters. The van der Waals surface area contributed by atoms with Crippen LogP contribution in [0.3, 0.4) is 0 Å². The van der Waals surface area contributed by atoms with Crippen LogP contribution in [0.25, 0.3) is 0 Å². The second-order valence-corrected chi connectivity index (χ2v) is 4.83. The van der Waals surface area contributed by atoms with Crippen LogP contribution < -0.4 is 10.3 Å². The molecule has 1 saturated heterocycles. The smallest absolute Gasteiger partial charge is 0.302 e. The number of hydrogen-bond acceptors (Lipinski definition) is 6. The quantitative estimate of drug-likeness (QED) is 0.746. The zero-order valence-electron chi connectivity index (χ0n) is 10.5. The van der Waals surface area contributed by atoms with Crippen LogP contribution in [0.1, 0.15) is 25.1 Å². The van der Waals surface area contributed by atoms with Crippen molar-refractivity contribution in [2.45, 2.75) is 44.3 Å². The summed E-state index contributed by atoms with van der Waals surface area (Å²) in [5, 5.41) is 19.1. The highest BCUT2D eigenvalue weighted by molar-refractivity contribution is 5.16. The fraction of sp³-hybridized carbons (Fsp3) is 0.667. The second-order valence-electron chi connectivity index (χ2n) is 4.83. The van der Waals surface area contributed by atoms with Crippen molar-refractivity contribution in [2.75, 3.05) is 6.61 Å². The average Bonchev–Trinajstić information content (AvgIpc) is 2.88. The first-order valence-corrected chi connectivity index (χ1v) is 6.38. The van der Waals surface area contributed by atoms with Crippen LogP contribution in [-0.2, 0) is 11.2 Å². The molecule has 1 aromatic rings. The minimum atomic E-state index is -0.929. The summed E-state index contributed by atoms with van der Waals surface area (Å²) in [6, 6.07) is 0.162. The lowest BCUT2D eigenvalue weighted by Crippen LogP contribution is -2.34. The molecule has 1 unspecified atom stereocenters. The summed E-state index contributed by atoms with van der Waals surface area (Å²) < 4.78 is 12.6. The first kappa shape index (κ1) is 12.6. The average molecular weight is 268 g/mol. The van der Waals surface area contributed by atoms with Crippen molar-refractivity contribution in [1.82, 2.24) is 9.55 Å². The predicted octanol–water partition coefficient (Wildman–Crippen LogP) is -0.793. The van der Waals surface area contributed by atoms with Gasteiger partial charge in [-0.15, -0.1) is 0 Å². The summed E-state index contributed by atoms with van der Waals surface area (Å²) in [6.07, 6.45) is 0.389. The molecule has 0 aromatic carbocycles. The summed E-state index contributed by atoms with van der Waals surface area (Å²) in [5.41, 5.74) is 0.294. The summed E-state index contributed by atoms with van der Waals surface area (Å²) >= 11 is 0. The summed E-state index contributed by atoms with van der Waals surface area (Å²) in [4.78, 5) is 15.6. The molecule has 104 valence electrons. The van der Waals surface area contributed by atoms with Crippen LogP contribution in [0, 0.1) is 0 Å². The molecule has 0 radical (unpaired) electrons. The van der Waals surface area contributed by atoms with Crippen molar-refractivity contribution in [2.24, 2.45) is 0 Å². The number of aromatic nitrogens is 2. The fourth-order valence-corrected chi connectivity index (χ4v) is 2.55. The Balaban J connectivity index is 1.97. The topological polar surface area (TPSA) is 93.8 Å². The largest absolute Gasteiger partial charge is 0.453 e. The monoisotopic (exact) mass is 268 g/mol. The van der Waals surface area contributed by atoms with Crippen LogP contribution in [0.15, 0.2) is 11.0 Å². The van der Waals surface area contributed by atoms with Gasteiger partial charge in [0, 0.05) is 11.8 Å². The third-order valence-corrected chi connectivity index (χ3v) is 3.52. The van der Waals surface area contributed by atoms with Gasteiger partial charge < -0.3 is 19.7 Å². The molecule has 3 rings (SSSR count). The zero-order chi connectivity index (χ0) is 13.6. The number of ether oxygens (including phenoxy) is 2. The highest BCUT2D eigenvalue weighted by Gasteiger charge is 2.51. The van der Waals surface area contributed by atoms with E-state index in [0.29, 0.717) is 12.0 Å². The van der Waals surface area contributed by atoms with Gasteiger partial charge in [-0.1, -0.05) is 13.3 Å². The molecule has 0 saturated carbocycles. The number of aryl methyl sites for hydroxylation is 1. The lowest BCUT2D eigenvalue weighted by Gasteiger charge is -2.14. The molecule has 0 spiro atoms. The minimum absolute atomic E-state index is 0.162. The summed E-state index contributed by atoms with van der Waals surface area (Å²) in [6.45, 7) is 1.70. The molecule has 0 amide bonds. The van der Waals surface area contributed by atoms with E-state index in [9.17, 15) is 9.90 Å².